The van der Waals surface area contributed by atoms with Crippen molar-refractivity contribution in [3.8, 4) is 17.0 Å². The van der Waals surface area contributed by atoms with Crippen LogP contribution in [0.4, 0.5) is 17.3 Å². The van der Waals surface area contributed by atoms with E-state index in [0.29, 0.717) is 5.95 Å². The summed E-state index contributed by atoms with van der Waals surface area (Å²) < 4.78 is 5.68. The van der Waals surface area contributed by atoms with Crippen LogP contribution in [-0.2, 0) is 0 Å². The first-order chi connectivity index (χ1) is 15.7. The number of piperazine rings is 1. The molecule has 32 heavy (non-hydrogen) atoms. The molecule has 0 spiro atoms. The SMILES string of the molecule is COc1cc(N2CCN(C)CC2)ccc1Nc1ncc2ccnc(-c3ccccc3)c2n1. The van der Waals surface area contributed by atoms with Gasteiger partial charge in [-0.15, -0.1) is 0 Å². The topological polar surface area (TPSA) is 66.4 Å². The lowest BCUT2D eigenvalue weighted by Gasteiger charge is -2.34. The molecule has 4 aromatic rings. The summed E-state index contributed by atoms with van der Waals surface area (Å²) in [5.74, 6) is 1.27. The van der Waals surface area contributed by atoms with E-state index in [1.54, 1.807) is 13.3 Å². The normalized spacial score (nSPS) is 14.5. The molecule has 0 radical (unpaired) electrons. The number of rotatable bonds is 5. The largest absolute Gasteiger partial charge is 0.494 e. The van der Waals surface area contributed by atoms with E-state index >= 15 is 0 Å². The van der Waals surface area contributed by atoms with Gasteiger partial charge in [-0.05, 0) is 25.2 Å². The molecule has 0 amide bonds. The summed E-state index contributed by atoms with van der Waals surface area (Å²) in [4.78, 5) is 18.6. The first kappa shape index (κ1) is 20.2. The zero-order chi connectivity index (χ0) is 21.9. The van der Waals surface area contributed by atoms with E-state index in [4.69, 9.17) is 9.72 Å². The molecule has 0 saturated carbocycles. The highest BCUT2D eigenvalue weighted by molar-refractivity contribution is 5.91. The minimum absolute atomic E-state index is 0.508. The van der Waals surface area contributed by atoms with Gasteiger partial charge in [-0.3, -0.25) is 4.98 Å². The van der Waals surface area contributed by atoms with Gasteiger partial charge < -0.3 is 19.9 Å². The number of benzene rings is 2. The maximum Gasteiger partial charge on any atom is 0.227 e. The average Bonchev–Trinajstić information content (AvgIpc) is 2.85. The van der Waals surface area contributed by atoms with Gasteiger partial charge in [-0.25, -0.2) is 9.97 Å². The van der Waals surface area contributed by atoms with Crippen LogP contribution in [0.1, 0.15) is 0 Å². The summed E-state index contributed by atoms with van der Waals surface area (Å²) in [7, 11) is 3.85. The zero-order valence-electron chi connectivity index (χ0n) is 18.3. The van der Waals surface area contributed by atoms with Gasteiger partial charge in [0.15, 0.2) is 0 Å². The fourth-order valence-electron chi connectivity index (χ4n) is 3.99. The van der Waals surface area contributed by atoms with Crippen molar-refractivity contribution in [2.75, 3.05) is 50.6 Å². The smallest absolute Gasteiger partial charge is 0.227 e. The predicted octanol–water partition coefficient (Wildman–Crippen LogP) is 4.20. The number of aromatic nitrogens is 3. The summed E-state index contributed by atoms with van der Waals surface area (Å²) in [5, 5.41) is 4.28. The lowest BCUT2D eigenvalue weighted by atomic mass is 10.1. The molecule has 2 aromatic heterocycles. The second-order valence-corrected chi connectivity index (χ2v) is 7.96. The Balaban J connectivity index is 1.45. The van der Waals surface area contributed by atoms with Crippen molar-refractivity contribution in [3.05, 3.63) is 67.0 Å². The average molecular weight is 427 g/mol. The van der Waals surface area contributed by atoms with E-state index in [0.717, 1.165) is 65.5 Å². The van der Waals surface area contributed by atoms with E-state index in [-0.39, 0.29) is 0 Å². The van der Waals surface area contributed by atoms with Crippen molar-refractivity contribution in [2.45, 2.75) is 0 Å². The summed E-state index contributed by atoms with van der Waals surface area (Å²) in [6.45, 7) is 4.14. The van der Waals surface area contributed by atoms with Crippen molar-refractivity contribution in [1.82, 2.24) is 19.9 Å². The molecule has 1 fully saturated rings. The van der Waals surface area contributed by atoms with Gasteiger partial charge in [0.05, 0.1) is 18.5 Å². The molecule has 1 saturated heterocycles. The Hall–Kier alpha value is -3.71. The van der Waals surface area contributed by atoms with Crippen LogP contribution in [0.5, 0.6) is 5.75 Å². The molecule has 0 atom stereocenters. The molecule has 162 valence electrons. The first-order valence-electron chi connectivity index (χ1n) is 10.8. The number of anilines is 3. The second kappa shape index (κ2) is 8.80. The monoisotopic (exact) mass is 426 g/mol. The van der Waals surface area contributed by atoms with Crippen LogP contribution in [0.15, 0.2) is 67.0 Å². The van der Waals surface area contributed by atoms with Crippen LogP contribution < -0.4 is 15.0 Å². The number of nitrogens with one attached hydrogen (secondary N) is 1. The van der Waals surface area contributed by atoms with Crippen LogP contribution in [0, 0.1) is 0 Å². The molecule has 2 aromatic carbocycles. The number of likely N-dealkylation sites (N-methyl/N-ethyl adjacent to an activating group) is 1. The van der Waals surface area contributed by atoms with Gasteiger partial charge in [0.2, 0.25) is 5.95 Å². The third-order valence-electron chi connectivity index (χ3n) is 5.85. The highest BCUT2D eigenvalue weighted by Crippen LogP contribution is 2.32. The third kappa shape index (κ3) is 4.07. The number of pyridine rings is 1. The lowest BCUT2D eigenvalue weighted by molar-refractivity contribution is 0.312. The lowest BCUT2D eigenvalue weighted by Crippen LogP contribution is -2.44. The Kier molecular flexibility index (Phi) is 5.56. The molecular formula is C25H26N6O. The summed E-state index contributed by atoms with van der Waals surface area (Å²) in [6.07, 6.45) is 3.62. The molecule has 3 heterocycles. The van der Waals surface area contributed by atoms with Crippen LogP contribution in [0.2, 0.25) is 0 Å². The van der Waals surface area contributed by atoms with Crippen molar-refractivity contribution in [3.63, 3.8) is 0 Å². The van der Waals surface area contributed by atoms with Gasteiger partial charge in [0, 0.05) is 61.3 Å². The van der Waals surface area contributed by atoms with Gasteiger partial charge in [0.1, 0.15) is 11.3 Å². The van der Waals surface area contributed by atoms with E-state index in [9.17, 15) is 0 Å². The van der Waals surface area contributed by atoms with Crippen LogP contribution in [-0.4, -0.2) is 60.2 Å². The van der Waals surface area contributed by atoms with Crippen molar-refractivity contribution < 1.29 is 4.74 Å². The number of fused-ring (bicyclic) bond motifs is 1. The maximum atomic E-state index is 5.68. The van der Waals surface area contributed by atoms with Crippen LogP contribution in [0.25, 0.3) is 22.2 Å². The zero-order valence-corrected chi connectivity index (χ0v) is 18.3. The van der Waals surface area contributed by atoms with E-state index in [1.165, 1.54) is 0 Å². The fraction of sp³-hybridized carbons (Fsp3) is 0.240. The Morgan fingerprint density at radius 1 is 0.938 bits per heavy atom. The molecule has 0 unspecified atom stereocenters. The molecule has 1 aliphatic rings. The Morgan fingerprint density at radius 3 is 2.53 bits per heavy atom. The van der Waals surface area contributed by atoms with Crippen LogP contribution in [0.3, 0.4) is 0 Å². The molecule has 7 heteroatoms. The molecule has 1 N–H and O–H groups in total. The predicted molar refractivity (Wildman–Crippen MR) is 129 cm³/mol. The van der Waals surface area contributed by atoms with Crippen LogP contribution >= 0.6 is 0 Å². The molecule has 0 aliphatic carbocycles. The summed E-state index contributed by atoms with van der Waals surface area (Å²) >= 11 is 0. The quantitative estimate of drug-likeness (QED) is 0.513. The summed E-state index contributed by atoms with van der Waals surface area (Å²) in [5.41, 5.74) is 4.66. The van der Waals surface area contributed by atoms with Gasteiger partial charge in [-0.2, -0.15) is 0 Å². The number of nitrogens with zero attached hydrogens (tertiary/aromatic N) is 5. The summed E-state index contributed by atoms with van der Waals surface area (Å²) in [6, 6.07) is 18.2. The minimum Gasteiger partial charge on any atom is -0.494 e. The third-order valence-corrected chi connectivity index (χ3v) is 5.85. The number of methoxy groups -OCH3 is 1. The van der Waals surface area contributed by atoms with E-state index in [1.807, 2.05) is 48.7 Å². The van der Waals surface area contributed by atoms with Gasteiger partial charge in [0.25, 0.3) is 0 Å². The molecule has 1 aliphatic heterocycles. The Bertz CT molecular complexity index is 1220. The number of hydrogen-bond acceptors (Lipinski definition) is 7. The van der Waals surface area contributed by atoms with Gasteiger partial charge >= 0.3 is 0 Å². The molecule has 5 rings (SSSR count). The minimum atomic E-state index is 0.508. The second-order valence-electron chi connectivity index (χ2n) is 7.96. The molecular weight excluding hydrogens is 400 g/mol. The Labute approximate surface area is 187 Å². The van der Waals surface area contributed by atoms with Crippen molar-refractivity contribution in [2.24, 2.45) is 0 Å². The van der Waals surface area contributed by atoms with Gasteiger partial charge in [-0.1, -0.05) is 30.3 Å². The number of hydrogen-bond donors (Lipinski definition) is 1. The maximum absolute atomic E-state index is 5.68. The molecule has 0 bridgehead atoms. The van der Waals surface area contributed by atoms with Crippen molar-refractivity contribution >= 4 is 28.2 Å². The Morgan fingerprint density at radius 2 is 1.75 bits per heavy atom. The highest BCUT2D eigenvalue weighted by atomic mass is 16.5. The first-order valence-corrected chi connectivity index (χ1v) is 10.8. The standard InChI is InChI=1S/C25H26N6O/c1-30-12-14-31(15-13-30)20-8-9-21(22(16-20)32-2)28-25-27-17-19-10-11-26-23(24(19)29-25)18-6-4-3-5-7-18/h3-11,16-17H,12-15H2,1-2H3,(H,27,28,29). The number of ether oxygens (including phenoxy) is 1. The fourth-order valence-corrected chi connectivity index (χ4v) is 3.99. The van der Waals surface area contributed by atoms with Crippen molar-refractivity contribution in [1.29, 1.82) is 0 Å². The van der Waals surface area contributed by atoms with E-state index in [2.05, 4.69) is 44.3 Å². The molecule has 7 nitrogen and oxygen atoms in total. The highest BCUT2D eigenvalue weighted by Gasteiger charge is 2.16. The van der Waals surface area contributed by atoms with E-state index < -0.39 is 0 Å².